The van der Waals surface area contributed by atoms with E-state index in [0.717, 1.165) is 11.5 Å². The SMILES string of the molecule is O=C1NC(=O)C2(CCN(c3cc(C4CCC4)ncn3)C2)N1. The lowest BCUT2D eigenvalue weighted by molar-refractivity contribution is -0.123. The Morgan fingerprint density at radius 3 is 2.81 bits per heavy atom. The highest BCUT2D eigenvalue weighted by molar-refractivity contribution is 6.07. The summed E-state index contributed by atoms with van der Waals surface area (Å²) < 4.78 is 0. The number of anilines is 1. The Balaban J connectivity index is 1.55. The first-order valence-electron chi connectivity index (χ1n) is 7.37. The van der Waals surface area contributed by atoms with E-state index in [4.69, 9.17) is 0 Å². The van der Waals surface area contributed by atoms with Crippen LogP contribution < -0.4 is 15.5 Å². The fourth-order valence-corrected chi connectivity index (χ4v) is 3.28. The average Bonchev–Trinajstić information content (AvgIpc) is 2.93. The summed E-state index contributed by atoms with van der Waals surface area (Å²) in [4.78, 5) is 34.1. The van der Waals surface area contributed by atoms with E-state index in [1.165, 1.54) is 19.3 Å². The molecule has 7 heteroatoms. The van der Waals surface area contributed by atoms with Crippen LogP contribution in [0.2, 0.25) is 0 Å². The first-order chi connectivity index (χ1) is 10.2. The van der Waals surface area contributed by atoms with Gasteiger partial charge in [-0.05, 0) is 19.3 Å². The van der Waals surface area contributed by atoms with Gasteiger partial charge in [0.15, 0.2) is 0 Å². The molecule has 1 saturated carbocycles. The molecule has 1 aliphatic carbocycles. The standard InChI is InChI=1S/C14H17N5O2/c20-12-14(18-13(21)17-12)4-5-19(7-14)11-6-10(15-8-16-11)9-2-1-3-9/h6,8-9H,1-5,7H2,(H2,17,18,20,21). The van der Waals surface area contributed by atoms with Gasteiger partial charge in [0.1, 0.15) is 17.7 Å². The van der Waals surface area contributed by atoms with Crippen molar-refractivity contribution in [2.45, 2.75) is 37.1 Å². The van der Waals surface area contributed by atoms with Crippen molar-refractivity contribution in [1.82, 2.24) is 20.6 Å². The van der Waals surface area contributed by atoms with Gasteiger partial charge in [-0.3, -0.25) is 10.1 Å². The summed E-state index contributed by atoms with van der Waals surface area (Å²) in [6.45, 7) is 1.17. The number of nitrogens with zero attached hydrogens (tertiary/aromatic N) is 3. The molecular formula is C14H17N5O2. The third kappa shape index (κ3) is 1.95. The number of hydrogen-bond donors (Lipinski definition) is 2. The Hall–Kier alpha value is -2.18. The zero-order chi connectivity index (χ0) is 14.4. The van der Waals surface area contributed by atoms with Crippen molar-refractivity contribution in [3.8, 4) is 0 Å². The van der Waals surface area contributed by atoms with Gasteiger partial charge in [0.2, 0.25) is 0 Å². The summed E-state index contributed by atoms with van der Waals surface area (Å²) in [7, 11) is 0. The molecule has 0 aromatic carbocycles. The summed E-state index contributed by atoms with van der Waals surface area (Å²) in [5, 5.41) is 5.07. The second kappa shape index (κ2) is 4.41. The third-order valence-corrected chi connectivity index (χ3v) is 4.81. The highest BCUT2D eigenvalue weighted by atomic mass is 16.2. The van der Waals surface area contributed by atoms with Crippen LogP contribution >= 0.6 is 0 Å². The topological polar surface area (TPSA) is 87.2 Å². The first-order valence-corrected chi connectivity index (χ1v) is 7.37. The van der Waals surface area contributed by atoms with Crippen LogP contribution in [0, 0.1) is 0 Å². The molecule has 1 aromatic heterocycles. The van der Waals surface area contributed by atoms with Gasteiger partial charge >= 0.3 is 6.03 Å². The number of imide groups is 1. The highest BCUT2D eigenvalue weighted by Crippen LogP contribution is 2.36. The molecule has 1 atom stereocenters. The van der Waals surface area contributed by atoms with Gasteiger partial charge in [-0.1, -0.05) is 6.42 Å². The molecule has 2 aliphatic heterocycles. The zero-order valence-corrected chi connectivity index (χ0v) is 11.6. The number of urea groups is 1. The van der Waals surface area contributed by atoms with Crippen molar-refractivity contribution in [2.75, 3.05) is 18.0 Å². The minimum atomic E-state index is -0.793. The van der Waals surface area contributed by atoms with Gasteiger partial charge in [0.05, 0.1) is 6.54 Å². The van der Waals surface area contributed by atoms with Crippen molar-refractivity contribution in [3.05, 3.63) is 18.1 Å². The van der Waals surface area contributed by atoms with Gasteiger partial charge in [-0.25, -0.2) is 14.8 Å². The number of amides is 3. The quantitative estimate of drug-likeness (QED) is 0.775. The Morgan fingerprint density at radius 1 is 1.29 bits per heavy atom. The molecule has 7 nitrogen and oxygen atoms in total. The fourth-order valence-electron chi connectivity index (χ4n) is 3.28. The van der Waals surface area contributed by atoms with E-state index in [0.29, 0.717) is 25.4 Å². The minimum Gasteiger partial charge on any atom is -0.354 e. The molecule has 2 N–H and O–H groups in total. The van der Waals surface area contributed by atoms with Crippen LogP contribution in [-0.4, -0.2) is 40.5 Å². The fraction of sp³-hybridized carbons (Fsp3) is 0.571. The number of aromatic nitrogens is 2. The summed E-state index contributed by atoms with van der Waals surface area (Å²) in [6.07, 6.45) is 5.86. The van der Waals surface area contributed by atoms with Crippen LogP contribution in [0.1, 0.15) is 37.3 Å². The first kappa shape index (κ1) is 12.6. The predicted molar refractivity (Wildman–Crippen MR) is 74.9 cm³/mol. The van der Waals surface area contributed by atoms with Gasteiger partial charge in [-0.2, -0.15) is 0 Å². The van der Waals surface area contributed by atoms with Crippen LogP contribution in [0.15, 0.2) is 12.4 Å². The lowest BCUT2D eigenvalue weighted by Gasteiger charge is -2.26. The second-order valence-electron chi connectivity index (χ2n) is 6.09. The summed E-state index contributed by atoms with van der Waals surface area (Å²) in [5.74, 6) is 1.17. The molecule has 4 rings (SSSR count). The van der Waals surface area contributed by atoms with Gasteiger partial charge in [0.25, 0.3) is 5.91 Å². The molecular weight excluding hydrogens is 270 g/mol. The van der Waals surface area contributed by atoms with E-state index in [2.05, 4.69) is 25.5 Å². The number of hydrogen-bond acceptors (Lipinski definition) is 5. The van der Waals surface area contributed by atoms with E-state index in [1.54, 1.807) is 6.33 Å². The molecule has 3 aliphatic rings. The minimum absolute atomic E-state index is 0.233. The van der Waals surface area contributed by atoms with Crippen LogP contribution in [-0.2, 0) is 4.79 Å². The monoisotopic (exact) mass is 287 g/mol. The summed E-state index contributed by atoms with van der Waals surface area (Å²) in [5.41, 5.74) is 0.297. The maximum atomic E-state index is 12.0. The van der Waals surface area contributed by atoms with Crippen molar-refractivity contribution in [3.63, 3.8) is 0 Å². The second-order valence-corrected chi connectivity index (χ2v) is 6.09. The van der Waals surface area contributed by atoms with Crippen molar-refractivity contribution >= 4 is 17.8 Å². The molecule has 21 heavy (non-hydrogen) atoms. The molecule has 3 amide bonds. The van der Waals surface area contributed by atoms with Crippen molar-refractivity contribution in [2.24, 2.45) is 0 Å². The lowest BCUT2D eigenvalue weighted by atomic mass is 9.83. The average molecular weight is 287 g/mol. The third-order valence-electron chi connectivity index (χ3n) is 4.81. The Kier molecular flexibility index (Phi) is 2.63. The smallest absolute Gasteiger partial charge is 0.322 e. The van der Waals surface area contributed by atoms with Gasteiger partial charge in [0, 0.05) is 24.2 Å². The zero-order valence-electron chi connectivity index (χ0n) is 11.6. The van der Waals surface area contributed by atoms with E-state index in [-0.39, 0.29) is 5.91 Å². The van der Waals surface area contributed by atoms with E-state index in [9.17, 15) is 9.59 Å². The number of carbonyl (C=O) groups is 2. The maximum absolute atomic E-state index is 12.0. The normalized spacial score (nSPS) is 28.7. The largest absolute Gasteiger partial charge is 0.354 e. The molecule has 1 spiro atoms. The summed E-state index contributed by atoms with van der Waals surface area (Å²) >= 11 is 0. The van der Waals surface area contributed by atoms with Gasteiger partial charge < -0.3 is 10.2 Å². The highest BCUT2D eigenvalue weighted by Gasteiger charge is 2.51. The molecule has 3 fully saturated rings. The van der Waals surface area contributed by atoms with Gasteiger partial charge in [-0.15, -0.1) is 0 Å². The lowest BCUT2D eigenvalue weighted by Crippen LogP contribution is -2.49. The van der Waals surface area contributed by atoms with Crippen LogP contribution in [0.4, 0.5) is 10.6 Å². The molecule has 0 radical (unpaired) electrons. The number of rotatable bonds is 2. The molecule has 1 aromatic rings. The van der Waals surface area contributed by atoms with Crippen LogP contribution in [0.5, 0.6) is 0 Å². The molecule has 110 valence electrons. The summed E-state index contributed by atoms with van der Waals surface area (Å²) in [6, 6.07) is 1.62. The van der Waals surface area contributed by atoms with E-state index < -0.39 is 11.6 Å². The van der Waals surface area contributed by atoms with Crippen molar-refractivity contribution in [1.29, 1.82) is 0 Å². The number of carbonyl (C=O) groups excluding carboxylic acids is 2. The molecule has 3 heterocycles. The Labute approximate surface area is 122 Å². The predicted octanol–water partition coefficient (Wildman–Crippen LogP) is 0.532. The molecule has 0 bridgehead atoms. The van der Waals surface area contributed by atoms with E-state index in [1.807, 2.05) is 6.07 Å². The van der Waals surface area contributed by atoms with E-state index >= 15 is 0 Å². The maximum Gasteiger partial charge on any atom is 0.322 e. The van der Waals surface area contributed by atoms with Crippen molar-refractivity contribution < 1.29 is 9.59 Å². The number of nitrogens with one attached hydrogen (secondary N) is 2. The van der Waals surface area contributed by atoms with Crippen LogP contribution in [0.3, 0.4) is 0 Å². The molecule has 1 unspecified atom stereocenters. The Bertz CT molecular complexity index is 615. The molecule has 2 saturated heterocycles. The Morgan fingerprint density at radius 2 is 2.14 bits per heavy atom. The van der Waals surface area contributed by atoms with Crippen LogP contribution in [0.25, 0.3) is 0 Å².